The van der Waals surface area contributed by atoms with Crippen molar-refractivity contribution in [3.05, 3.63) is 29.8 Å². The average molecular weight is 333 g/mol. The topological polar surface area (TPSA) is 56.3 Å². The second-order valence-corrected chi connectivity index (χ2v) is 6.80. The van der Waals surface area contributed by atoms with Gasteiger partial charge in [-0.2, -0.15) is 0 Å². The molecule has 6 heteroatoms. The number of carbonyl (C=O) groups excluding carboxylic acids is 1. The Morgan fingerprint density at radius 1 is 1.29 bits per heavy atom. The molecule has 0 bridgehead atoms. The summed E-state index contributed by atoms with van der Waals surface area (Å²) in [7, 11) is 3.73. The van der Waals surface area contributed by atoms with Crippen LogP contribution in [0.5, 0.6) is 5.75 Å². The number of hydrogen-bond acceptors (Lipinski definition) is 5. The van der Waals surface area contributed by atoms with Crippen LogP contribution in [-0.2, 0) is 4.79 Å². The highest BCUT2D eigenvalue weighted by molar-refractivity contribution is 5.78. The Bertz CT molecular complexity index is 572. The van der Waals surface area contributed by atoms with Crippen LogP contribution in [0.25, 0.3) is 0 Å². The Labute approximate surface area is 143 Å². The highest BCUT2D eigenvalue weighted by atomic mass is 16.5. The van der Waals surface area contributed by atoms with Gasteiger partial charge in [0.15, 0.2) is 0 Å². The lowest BCUT2D eigenvalue weighted by atomic mass is 10.0. The number of hydrogen-bond donors (Lipinski definition) is 1. The molecule has 0 saturated carbocycles. The lowest BCUT2D eigenvalue weighted by Crippen LogP contribution is -2.50. The van der Waals surface area contributed by atoms with Gasteiger partial charge in [-0.25, -0.2) is 0 Å². The van der Waals surface area contributed by atoms with Crippen LogP contribution in [0, 0.1) is 0 Å². The number of aliphatic hydroxyl groups is 1. The fraction of sp³-hybridized carbons (Fsp3) is 0.611. The number of piperazine rings is 1. The quantitative estimate of drug-likeness (QED) is 0.873. The van der Waals surface area contributed by atoms with Crippen molar-refractivity contribution in [2.45, 2.75) is 18.6 Å². The van der Waals surface area contributed by atoms with Crippen molar-refractivity contribution in [1.29, 1.82) is 0 Å². The van der Waals surface area contributed by atoms with Crippen molar-refractivity contribution in [1.82, 2.24) is 14.7 Å². The molecule has 0 radical (unpaired) electrons. The second kappa shape index (κ2) is 7.51. The molecule has 2 fully saturated rings. The van der Waals surface area contributed by atoms with E-state index >= 15 is 0 Å². The maximum Gasteiger partial charge on any atom is 0.236 e. The monoisotopic (exact) mass is 333 g/mol. The van der Waals surface area contributed by atoms with Crippen molar-refractivity contribution in [2.24, 2.45) is 0 Å². The van der Waals surface area contributed by atoms with Gasteiger partial charge in [0.1, 0.15) is 5.75 Å². The van der Waals surface area contributed by atoms with E-state index in [9.17, 15) is 9.90 Å². The van der Waals surface area contributed by atoms with Gasteiger partial charge in [-0.1, -0.05) is 12.1 Å². The zero-order valence-corrected chi connectivity index (χ0v) is 14.5. The van der Waals surface area contributed by atoms with Crippen LogP contribution >= 0.6 is 0 Å². The molecule has 3 rings (SSSR count). The Kier molecular flexibility index (Phi) is 5.38. The van der Waals surface area contributed by atoms with Crippen LogP contribution in [0.2, 0.25) is 0 Å². The van der Waals surface area contributed by atoms with Gasteiger partial charge in [0.25, 0.3) is 0 Å². The maximum atomic E-state index is 12.6. The molecule has 2 saturated heterocycles. The van der Waals surface area contributed by atoms with E-state index in [0.29, 0.717) is 19.5 Å². The third-order valence-electron chi connectivity index (χ3n) is 5.05. The number of nitrogens with zero attached hydrogens (tertiary/aromatic N) is 3. The smallest absolute Gasteiger partial charge is 0.236 e. The van der Waals surface area contributed by atoms with Crippen molar-refractivity contribution in [3.8, 4) is 5.75 Å². The Balaban J connectivity index is 1.67. The van der Waals surface area contributed by atoms with Gasteiger partial charge >= 0.3 is 0 Å². The van der Waals surface area contributed by atoms with Crippen LogP contribution in [-0.4, -0.2) is 85.2 Å². The number of methoxy groups -OCH3 is 1. The van der Waals surface area contributed by atoms with Crippen molar-refractivity contribution < 1.29 is 14.6 Å². The molecular formula is C18H27N3O3. The molecule has 0 aliphatic carbocycles. The fourth-order valence-corrected chi connectivity index (χ4v) is 3.58. The number of amides is 1. The summed E-state index contributed by atoms with van der Waals surface area (Å²) >= 11 is 0. The van der Waals surface area contributed by atoms with Crippen molar-refractivity contribution in [3.63, 3.8) is 0 Å². The van der Waals surface area contributed by atoms with Crippen molar-refractivity contribution in [2.75, 3.05) is 53.4 Å². The predicted molar refractivity (Wildman–Crippen MR) is 92.0 cm³/mol. The van der Waals surface area contributed by atoms with E-state index in [2.05, 4.69) is 16.8 Å². The minimum absolute atomic E-state index is 0.0616. The number of aliphatic hydroxyl groups excluding tert-OH is 1. The summed E-state index contributed by atoms with van der Waals surface area (Å²) in [6.07, 6.45) is 0.268. The van der Waals surface area contributed by atoms with Crippen LogP contribution in [0.1, 0.15) is 18.0 Å². The van der Waals surface area contributed by atoms with Crippen LogP contribution in [0.3, 0.4) is 0 Å². The van der Waals surface area contributed by atoms with E-state index in [1.165, 1.54) is 0 Å². The van der Waals surface area contributed by atoms with E-state index in [4.69, 9.17) is 4.74 Å². The third-order valence-corrected chi connectivity index (χ3v) is 5.05. The van der Waals surface area contributed by atoms with Gasteiger partial charge in [-0.15, -0.1) is 0 Å². The van der Waals surface area contributed by atoms with E-state index in [1.54, 1.807) is 7.11 Å². The minimum atomic E-state index is -0.388. The molecule has 1 N–H and O–H groups in total. The summed E-state index contributed by atoms with van der Waals surface area (Å²) in [5.74, 6) is 0.962. The number of benzene rings is 1. The van der Waals surface area contributed by atoms with Gasteiger partial charge in [-0.05, 0) is 31.2 Å². The molecule has 0 spiro atoms. The summed E-state index contributed by atoms with van der Waals surface area (Å²) in [5.41, 5.74) is 1.09. The van der Waals surface area contributed by atoms with E-state index < -0.39 is 0 Å². The first-order valence-electron chi connectivity index (χ1n) is 8.59. The van der Waals surface area contributed by atoms with Crippen LogP contribution in [0.15, 0.2) is 24.3 Å². The van der Waals surface area contributed by atoms with Crippen molar-refractivity contribution >= 4 is 5.91 Å². The SMILES string of the molecule is COc1cccc([C@H]2C[C@H](O)CN2CC(=O)N2CCN(C)CC2)c1. The fourth-order valence-electron chi connectivity index (χ4n) is 3.58. The van der Waals surface area contributed by atoms with E-state index in [1.807, 2.05) is 29.2 Å². The molecule has 1 amide bonds. The Morgan fingerprint density at radius 3 is 2.75 bits per heavy atom. The van der Waals surface area contributed by atoms with E-state index in [0.717, 1.165) is 37.5 Å². The molecule has 1 aromatic rings. The zero-order valence-electron chi connectivity index (χ0n) is 14.5. The summed E-state index contributed by atoms with van der Waals surface area (Å²) in [6.45, 7) is 4.33. The predicted octanol–water partition coefficient (Wildman–Crippen LogP) is 0.577. The highest BCUT2D eigenvalue weighted by Gasteiger charge is 2.34. The largest absolute Gasteiger partial charge is 0.497 e. The minimum Gasteiger partial charge on any atom is -0.497 e. The molecular weight excluding hydrogens is 306 g/mol. The standard InChI is InChI=1S/C18H27N3O3/c1-19-6-8-20(9-7-19)18(23)13-21-12-15(22)11-17(21)14-4-3-5-16(10-14)24-2/h3-5,10,15,17,22H,6-9,11-13H2,1-2H3/t15-,17+/m0/s1. The molecule has 1 aromatic carbocycles. The van der Waals surface area contributed by atoms with E-state index in [-0.39, 0.29) is 18.1 Å². The first-order valence-corrected chi connectivity index (χ1v) is 8.59. The van der Waals surface area contributed by atoms with Crippen LogP contribution in [0.4, 0.5) is 0 Å². The third kappa shape index (κ3) is 3.88. The first-order chi connectivity index (χ1) is 11.6. The number of likely N-dealkylation sites (tertiary alicyclic amines) is 1. The molecule has 2 atom stereocenters. The Hall–Kier alpha value is -1.63. The number of rotatable bonds is 4. The van der Waals surface area contributed by atoms with Gasteiger partial charge < -0.3 is 19.6 Å². The Morgan fingerprint density at radius 2 is 2.04 bits per heavy atom. The highest BCUT2D eigenvalue weighted by Crippen LogP contribution is 2.33. The summed E-state index contributed by atoms with van der Waals surface area (Å²) < 4.78 is 5.30. The molecule has 6 nitrogen and oxygen atoms in total. The van der Waals surface area contributed by atoms with Gasteiger partial charge in [0.05, 0.1) is 19.8 Å². The molecule has 2 aliphatic heterocycles. The molecule has 24 heavy (non-hydrogen) atoms. The second-order valence-electron chi connectivity index (χ2n) is 6.80. The van der Waals surface area contributed by atoms with Crippen LogP contribution < -0.4 is 4.74 Å². The zero-order chi connectivity index (χ0) is 17.1. The van der Waals surface area contributed by atoms with Gasteiger partial charge in [-0.3, -0.25) is 9.69 Å². The summed E-state index contributed by atoms with van der Waals surface area (Å²) in [5, 5.41) is 10.1. The number of ether oxygens (including phenoxy) is 1. The normalized spacial score (nSPS) is 25.9. The molecule has 0 aromatic heterocycles. The van der Waals surface area contributed by atoms with Gasteiger partial charge in [0.2, 0.25) is 5.91 Å². The maximum absolute atomic E-state index is 12.6. The average Bonchev–Trinajstić information content (AvgIpc) is 2.96. The number of likely N-dealkylation sites (N-methyl/N-ethyl adjacent to an activating group) is 1. The molecule has 132 valence electrons. The number of carbonyl (C=O) groups is 1. The lowest BCUT2D eigenvalue weighted by molar-refractivity contribution is -0.134. The van der Waals surface area contributed by atoms with Gasteiger partial charge in [0, 0.05) is 38.8 Å². The molecule has 2 heterocycles. The summed E-state index contributed by atoms with van der Waals surface area (Å²) in [4.78, 5) is 18.9. The number of β-amino-alcohol motifs (C(OH)–C–C–N with tert-alkyl or cyclic N) is 1. The molecule has 2 aliphatic rings. The lowest BCUT2D eigenvalue weighted by Gasteiger charge is -2.34. The molecule has 0 unspecified atom stereocenters. The first kappa shape index (κ1) is 17.2. The summed E-state index contributed by atoms with van der Waals surface area (Å²) in [6, 6.07) is 7.97.